The summed E-state index contributed by atoms with van der Waals surface area (Å²) in [6.45, 7) is 9.39. The molecule has 5 heteroatoms. The van der Waals surface area contributed by atoms with E-state index >= 15 is 0 Å². The molecule has 0 N–H and O–H groups in total. The Hall–Kier alpha value is -5.29. The molecular formula is C41H33N3O2. The van der Waals surface area contributed by atoms with Gasteiger partial charge < -0.3 is 8.83 Å². The molecule has 5 nitrogen and oxygen atoms in total. The average molecular weight is 600 g/mol. The molecule has 0 fully saturated rings. The summed E-state index contributed by atoms with van der Waals surface area (Å²) in [5.41, 5.74) is 8.93. The van der Waals surface area contributed by atoms with E-state index in [1.54, 1.807) is 0 Å². The molecule has 1 aliphatic rings. The Balaban J connectivity index is 1.28. The van der Waals surface area contributed by atoms with Crippen molar-refractivity contribution in [3.63, 3.8) is 0 Å². The van der Waals surface area contributed by atoms with E-state index in [0.29, 0.717) is 17.5 Å². The van der Waals surface area contributed by atoms with E-state index in [1.165, 1.54) is 11.1 Å². The van der Waals surface area contributed by atoms with Crippen LogP contribution < -0.4 is 0 Å². The number of nitrogens with zero attached hydrogens (tertiary/aromatic N) is 3. The van der Waals surface area contributed by atoms with Gasteiger partial charge in [-0.1, -0.05) is 94.4 Å². The zero-order chi connectivity index (χ0) is 31.2. The average Bonchev–Trinajstić information content (AvgIpc) is 3.64. The molecule has 0 amide bonds. The van der Waals surface area contributed by atoms with E-state index in [4.69, 9.17) is 23.8 Å². The minimum atomic E-state index is 0.0613. The zero-order valence-corrected chi connectivity index (χ0v) is 26.4. The fourth-order valence-corrected chi connectivity index (χ4v) is 7.27. The van der Waals surface area contributed by atoms with Crippen LogP contribution in [0.3, 0.4) is 0 Å². The number of rotatable bonds is 3. The minimum absolute atomic E-state index is 0.0613. The monoisotopic (exact) mass is 599 g/mol. The normalized spacial score (nSPS) is 15.6. The molecule has 0 saturated carbocycles. The molecular weight excluding hydrogens is 566 g/mol. The maximum Gasteiger partial charge on any atom is 0.167 e. The van der Waals surface area contributed by atoms with Gasteiger partial charge in [-0.2, -0.15) is 0 Å². The predicted octanol–water partition coefficient (Wildman–Crippen LogP) is 11.0. The molecule has 0 atom stereocenters. The van der Waals surface area contributed by atoms with Crippen LogP contribution >= 0.6 is 0 Å². The molecule has 0 spiro atoms. The second-order valence-corrected chi connectivity index (χ2v) is 13.9. The van der Waals surface area contributed by atoms with Crippen molar-refractivity contribution in [3.05, 3.63) is 114 Å². The Morgan fingerprint density at radius 1 is 0.478 bits per heavy atom. The van der Waals surface area contributed by atoms with Crippen molar-refractivity contribution in [1.82, 2.24) is 15.0 Å². The lowest BCUT2D eigenvalue weighted by atomic mass is 9.63. The number of para-hydroxylation sites is 3. The van der Waals surface area contributed by atoms with Gasteiger partial charge in [0, 0.05) is 32.7 Å². The third kappa shape index (κ3) is 4.11. The summed E-state index contributed by atoms with van der Waals surface area (Å²) in [4.78, 5) is 15.4. The fourth-order valence-electron chi connectivity index (χ4n) is 7.27. The largest absolute Gasteiger partial charge is 0.456 e. The van der Waals surface area contributed by atoms with Gasteiger partial charge in [0.15, 0.2) is 17.5 Å². The number of hydrogen-bond donors (Lipinski definition) is 0. The van der Waals surface area contributed by atoms with Gasteiger partial charge >= 0.3 is 0 Å². The van der Waals surface area contributed by atoms with Crippen LogP contribution in [-0.2, 0) is 10.8 Å². The van der Waals surface area contributed by atoms with Crippen molar-refractivity contribution < 1.29 is 8.83 Å². The smallest absolute Gasteiger partial charge is 0.167 e. The molecule has 1 aliphatic carbocycles. The Labute approximate surface area is 266 Å². The van der Waals surface area contributed by atoms with Gasteiger partial charge in [-0.3, -0.25) is 0 Å². The molecule has 5 aromatic carbocycles. The topological polar surface area (TPSA) is 65.0 Å². The highest BCUT2D eigenvalue weighted by Gasteiger charge is 2.37. The van der Waals surface area contributed by atoms with Gasteiger partial charge in [0.05, 0.1) is 5.56 Å². The minimum Gasteiger partial charge on any atom is -0.456 e. The van der Waals surface area contributed by atoms with Crippen LogP contribution in [0, 0.1) is 0 Å². The number of aromatic nitrogens is 3. The lowest BCUT2D eigenvalue weighted by Crippen LogP contribution is -2.33. The van der Waals surface area contributed by atoms with Crippen LogP contribution in [0.1, 0.15) is 51.7 Å². The van der Waals surface area contributed by atoms with Gasteiger partial charge in [-0.05, 0) is 71.2 Å². The first-order valence-electron chi connectivity index (χ1n) is 16.0. The standard InChI is InChI=1S/C41H33N3O2/c1-40(2)20-21-41(3,4)32-22-24(17-19-31(32)40)37-42-38(25-16-18-28-26-10-5-7-14-33(26)45-35(28)23-25)44-39(43-37)30-13-9-12-29-27-11-6-8-15-34(27)46-36(29)30/h5-19,22-23H,20-21H2,1-4H3. The van der Waals surface area contributed by atoms with Crippen LogP contribution in [0.15, 0.2) is 112 Å². The van der Waals surface area contributed by atoms with E-state index in [-0.39, 0.29) is 10.8 Å². The quantitative estimate of drug-likeness (QED) is 0.202. The highest BCUT2D eigenvalue weighted by molar-refractivity contribution is 6.09. The molecule has 0 saturated heterocycles. The van der Waals surface area contributed by atoms with E-state index in [1.807, 2.05) is 54.6 Å². The van der Waals surface area contributed by atoms with E-state index in [9.17, 15) is 0 Å². The fraction of sp³-hybridized carbons (Fsp3) is 0.195. The molecule has 0 unspecified atom stereocenters. The van der Waals surface area contributed by atoms with Crippen molar-refractivity contribution in [3.8, 4) is 34.2 Å². The molecule has 3 heterocycles. The SMILES string of the molecule is CC1(C)CCC(C)(C)c2cc(-c3nc(-c4ccc5c(c4)oc4ccccc45)nc(-c4cccc5c4oc4ccccc45)n3)ccc21. The zero-order valence-electron chi connectivity index (χ0n) is 26.4. The van der Waals surface area contributed by atoms with Crippen LogP contribution in [0.5, 0.6) is 0 Å². The first-order chi connectivity index (χ1) is 22.2. The van der Waals surface area contributed by atoms with Crippen molar-refractivity contribution in [2.45, 2.75) is 51.4 Å². The van der Waals surface area contributed by atoms with E-state index in [2.05, 4.69) is 76.2 Å². The van der Waals surface area contributed by atoms with Crippen molar-refractivity contribution in [1.29, 1.82) is 0 Å². The van der Waals surface area contributed by atoms with E-state index < -0.39 is 0 Å². The number of furan rings is 2. The van der Waals surface area contributed by atoms with Crippen LogP contribution in [0.25, 0.3) is 78.0 Å². The van der Waals surface area contributed by atoms with Gasteiger partial charge in [0.2, 0.25) is 0 Å². The number of benzene rings is 5. The summed E-state index contributed by atoms with van der Waals surface area (Å²) in [7, 11) is 0. The Morgan fingerprint density at radius 2 is 1.04 bits per heavy atom. The van der Waals surface area contributed by atoms with Gasteiger partial charge in [-0.25, -0.2) is 15.0 Å². The lowest BCUT2D eigenvalue weighted by Gasteiger charge is -2.42. The van der Waals surface area contributed by atoms with Crippen LogP contribution in [0.4, 0.5) is 0 Å². The van der Waals surface area contributed by atoms with E-state index in [0.717, 1.165) is 73.4 Å². The summed E-state index contributed by atoms with van der Waals surface area (Å²) < 4.78 is 12.7. The second-order valence-electron chi connectivity index (χ2n) is 13.9. The Morgan fingerprint density at radius 3 is 1.80 bits per heavy atom. The summed E-state index contributed by atoms with van der Waals surface area (Å²) in [5, 5.41) is 4.28. The summed E-state index contributed by atoms with van der Waals surface area (Å²) in [5.74, 6) is 1.80. The van der Waals surface area contributed by atoms with Crippen molar-refractivity contribution in [2.75, 3.05) is 0 Å². The molecule has 0 bridgehead atoms. The van der Waals surface area contributed by atoms with Crippen LogP contribution in [0.2, 0.25) is 0 Å². The first-order valence-corrected chi connectivity index (χ1v) is 16.0. The Kier molecular flexibility index (Phi) is 5.65. The molecule has 9 rings (SSSR count). The molecule has 224 valence electrons. The molecule has 46 heavy (non-hydrogen) atoms. The summed E-state index contributed by atoms with van der Waals surface area (Å²) in [6, 6.07) is 35.4. The number of fused-ring (bicyclic) bond motifs is 7. The highest BCUT2D eigenvalue weighted by Crippen LogP contribution is 2.47. The first kappa shape index (κ1) is 27.1. The highest BCUT2D eigenvalue weighted by atomic mass is 16.3. The molecule has 8 aromatic rings. The van der Waals surface area contributed by atoms with Crippen molar-refractivity contribution >= 4 is 43.9 Å². The molecule has 0 aliphatic heterocycles. The molecule has 0 radical (unpaired) electrons. The third-order valence-corrected chi connectivity index (χ3v) is 10.0. The second kappa shape index (κ2) is 9.60. The number of hydrogen-bond acceptors (Lipinski definition) is 5. The third-order valence-electron chi connectivity index (χ3n) is 10.0. The maximum atomic E-state index is 6.43. The van der Waals surface area contributed by atoms with Gasteiger partial charge in [-0.15, -0.1) is 0 Å². The maximum absolute atomic E-state index is 6.43. The van der Waals surface area contributed by atoms with Gasteiger partial charge in [0.25, 0.3) is 0 Å². The van der Waals surface area contributed by atoms with Gasteiger partial charge in [0.1, 0.15) is 22.3 Å². The predicted molar refractivity (Wildman–Crippen MR) is 186 cm³/mol. The Bertz CT molecular complexity index is 2500. The molecule has 3 aromatic heterocycles. The lowest BCUT2D eigenvalue weighted by molar-refractivity contribution is 0.332. The summed E-state index contributed by atoms with van der Waals surface area (Å²) in [6.07, 6.45) is 2.30. The summed E-state index contributed by atoms with van der Waals surface area (Å²) >= 11 is 0. The van der Waals surface area contributed by atoms with Crippen molar-refractivity contribution in [2.24, 2.45) is 0 Å². The van der Waals surface area contributed by atoms with Crippen LogP contribution in [-0.4, -0.2) is 15.0 Å².